The van der Waals surface area contributed by atoms with Crippen LogP contribution in [0, 0.1) is 0 Å². The molecule has 0 spiro atoms. The zero-order valence-corrected chi connectivity index (χ0v) is 16.5. The topological polar surface area (TPSA) is 56.7 Å². The zero-order chi connectivity index (χ0) is 17.2. The van der Waals surface area contributed by atoms with Crippen LogP contribution in [0.1, 0.15) is 39.5 Å². The summed E-state index contributed by atoms with van der Waals surface area (Å²) in [5.41, 5.74) is 0. The van der Waals surface area contributed by atoms with Gasteiger partial charge in [0.15, 0.2) is 5.96 Å². The van der Waals surface area contributed by atoms with Crippen LogP contribution in [0.15, 0.2) is 4.99 Å². The highest BCUT2D eigenvalue weighted by molar-refractivity contribution is 14.0. The van der Waals surface area contributed by atoms with Gasteiger partial charge in [-0.1, -0.05) is 26.2 Å². The Morgan fingerprint density at radius 2 is 1.91 bits per heavy atom. The van der Waals surface area contributed by atoms with Crippen molar-refractivity contribution in [3.63, 3.8) is 0 Å². The zero-order valence-electron chi connectivity index (χ0n) is 14.2. The van der Waals surface area contributed by atoms with Gasteiger partial charge in [0.25, 0.3) is 0 Å². The van der Waals surface area contributed by atoms with E-state index < -0.39 is 18.6 Å². The quantitative estimate of drug-likeness (QED) is 0.258. The molecule has 0 aliphatic rings. The van der Waals surface area contributed by atoms with Gasteiger partial charge in [-0.2, -0.15) is 13.2 Å². The highest BCUT2D eigenvalue weighted by atomic mass is 127. The monoisotopic (exact) mass is 452 g/mol. The number of carbonyl (C=O) groups is 1. The van der Waals surface area contributed by atoms with Gasteiger partial charge in [-0.15, -0.1) is 24.0 Å². The van der Waals surface area contributed by atoms with E-state index in [2.05, 4.69) is 22.5 Å². The number of alkyl halides is 3. The molecule has 138 valence electrons. The molecule has 23 heavy (non-hydrogen) atoms. The van der Waals surface area contributed by atoms with Crippen molar-refractivity contribution in [2.45, 2.75) is 51.7 Å². The maximum atomic E-state index is 12.2. The van der Waals surface area contributed by atoms with Crippen molar-refractivity contribution in [1.82, 2.24) is 15.5 Å². The number of hydrogen-bond acceptors (Lipinski definition) is 2. The molecule has 0 aromatic rings. The summed E-state index contributed by atoms with van der Waals surface area (Å²) in [6, 6.07) is 0.181. The number of nitrogens with one attached hydrogen (secondary N) is 2. The lowest BCUT2D eigenvalue weighted by Crippen LogP contribution is -2.47. The number of aliphatic imine (C=N–C) groups is 1. The van der Waals surface area contributed by atoms with E-state index >= 15 is 0 Å². The van der Waals surface area contributed by atoms with Crippen LogP contribution in [0.2, 0.25) is 0 Å². The van der Waals surface area contributed by atoms with Gasteiger partial charge >= 0.3 is 6.18 Å². The maximum Gasteiger partial charge on any atom is 0.406 e. The van der Waals surface area contributed by atoms with Gasteiger partial charge in [-0.3, -0.25) is 9.79 Å². The standard InChI is InChI=1S/C14H27F3N4O.HI/c1-5-6-7-8-11(2)20-13(18-3)19-9-12(22)21(4)10-14(15,16)17;/h11H,5-10H2,1-4H3,(H2,18,19,20);1H. The summed E-state index contributed by atoms with van der Waals surface area (Å²) in [4.78, 5) is 16.2. The molecule has 0 heterocycles. The number of guanidine groups is 1. The molecule has 0 aliphatic heterocycles. The Kier molecular flexibility index (Phi) is 13.5. The summed E-state index contributed by atoms with van der Waals surface area (Å²) in [6.45, 7) is 2.64. The molecule has 0 rings (SSSR count). The SMILES string of the molecule is CCCCCC(C)NC(=NC)NCC(=O)N(C)CC(F)(F)F.I. The van der Waals surface area contributed by atoms with Crippen LogP contribution in [-0.2, 0) is 4.79 Å². The molecule has 0 saturated carbocycles. The second-order valence-corrected chi connectivity index (χ2v) is 5.33. The molecule has 2 N–H and O–H groups in total. The highest BCUT2D eigenvalue weighted by Gasteiger charge is 2.31. The van der Waals surface area contributed by atoms with Crippen molar-refractivity contribution in [2.75, 3.05) is 27.2 Å². The van der Waals surface area contributed by atoms with Crippen LogP contribution in [0.5, 0.6) is 0 Å². The van der Waals surface area contributed by atoms with Crippen LogP contribution < -0.4 is 10.6 Å². The summed E-state index contributed by atoms with van der Waals surface area (Å²) in [6.07, 6.45) is -0.0397. The van der Waals surface area contributed by atoms with Crippen molar-refractivity contribution in [1.29, 1.82) is 0 Å². The summed E-state index contributed by atoms with van der Waals surface area (Å²) >= 11 is 0. The lowest BCUT2D eigenvalue weighted by atomic mass is 10.1. The van der Waals surface area contributed by atoms with Gasteiger partial charge in [-0.25, -0.2) is 0 Å². The molecule has 9 heteroatoms. The number of nitrogens with zero attached hydrogens (tertiary/aromatic N) is 2. The van der Waals surface area contributed by atoms with E-state index in [1.807, 2.05) is 6.92 Å². The maximum absolute atomic E-state index is 12.2. The minimum Gasteiger partial charge on any atom is -0.354 e. The molecular formula is C14H28F3IN4O. The number of halogens is 4. The Hall–Kier alpha value is -0.740. The molecule has 0 saturated heterocycles. The number of amides is 1. The Morgan fingerprint density at radius 1 is 1.30 bits per heavy atom. The number of unbranched alkanes of at least 4 members (excludes halogenated alkanes) is 2. The lowest BCUT2D eigenvalue weighted by Gasteiger charge is -2.21. The highest BCUT2D eigenvalue weighted by Crippen LogP contribution is 2.15. The first-order chi connectivity index (χ1) is 10.2. The molecule has 1 atom stereocenters. The first kappa shape index (κ1) is 24.5. The van der Waals surface area contributed by atoms with E-state index in [-0.39, 0.29) is 36.6 Å². The molecule has 1 amide bonds. The van der Waals surface area contributed by atoms with Crippen molar-refractivity contribution in [2.24, 2.45) is 4.99 Å². The number of likely N-dealkylation sites (N-methyl/N-ethyl adjacent to an activating group) is 1. The minimum atomic E-state index is -4.39. The van der Waals surface area contributed by atoms with Crippen LogP contribution in [0.4, 0.5) is 13.2 Å². The second kappa shape index (κ2) is 12.7. The van der Waals surface area contributed by atoms with Gasteiger partial charge < -0.3 is 15.5 Å². The number of hydrogen-bond donors (Lipinski definition) is 2. The van der Waals surface area contributed by atoms with Gasteiger partial charge in [0, 0.05) is 20.1 Å². The fraction of sp³-hybridized carbons (Fsp3) is 0.857. The Morgan fingerprint density at radius 3 is 2.39 bits per heavy atom. The molecule has 0 aromatic heterocycles. The van der Waals surface area contributed by atoms with Crippen LogP contribution >= 0.6 is 24.0 Å². The predicted octanol–water partition coefficient (Wildman–Crippen LogP) is 2.76. The molecule has 0 aromatic carbocycles. The molecule has 0 fully saturated rings. The summed E-state index contributed by atoms with van der Waals surface area (Å²) in [5.74, 6) is -0.225. The third-order valence-electron chi connectivity index (χ3n) is 3.10. The Bertz CT molecular complexity index is 364. The van der Waals surface area contributed by atoms with E-state index in [0.29, 0.717) is 10.9 Å². The fourth-order valence-electron chi connectivity index (χ4n) is 1.85. The first-order valence-electron chi connectivity index (χ1n) is 7.47. The van der Waals surface area contributed by atoms with Crippen molar-refractivity contribution in [3.8, 4) is 0 Å². The van der Waals surface area contributed by atoms with E-state index in [1.165, 1.54) is 0 Å². The fourth-order valence-corrected chi connectivity index (χ4v) is 1.85. The molecule has 0 radical (unpaired) electrons. The molecule has 0 aliphatic carbocycles. The number of rotatable bonds is 8. The average Bonchev–Trinajstić information content (AvgIpc) is 2.41. The summed E-state index contributed by atoms with van der Waals surface area (Å²) in [5, 5.41) is 5.85. The van der Waals surface area contributed by atoms with Gasteiger partial charge in [0.2, 0.25) is 5.91 Å². The normalized spacial score (nSPS) is 13.1. The average molecular weight is 452 g/mol. The molecule has 1 unspecified atom stereocenters. The summed E-state index contributed by atoms with van der Waals surface area (Å²) in [7, 11) is 2.68. The third-order valence-corrected chi connectivity index (χ3v) is 3.10. The van der Waals surface area contributed by atoms with E-state index in [1.54, 1.807) is 7.05 Å². The molecule has 0 bridgehead atoms. The van der Waals surface area contributed by atoms with Gasteiger partial charge in [-0.05, 0) is 13.3 Å². The van der Waals surface area contributed by atoms with Crippen molar-refractivity contribution < 1.29 is 18.0 Å². The summed E-state index contributed by atoms with van der Waals surface area (Å²) < 4.78 is 36.6. The van der Waals surface area contributed by atoms with Gasteiger partial charge in [0.1, 0.15) is 6.54 Å². The van der Waals surface area contributed by atoms with Crippen molar-refractivity contribution >= 4 is 35.8 Å². The van der Waals surface area contributed by atoms with E-state index in [4.69, 9.17) is 0 Å². The number of carbonyl (C=O) groups excluding carboxylic acids is 1. The Labute approximate surface area is 153 Å². The second-order valence-electron chi connectivity index (χ2n) is 5.33. The smallest absolute Gasteiger partial charge is 0.354 e. The predicted molar refractivity (Wildman–Crippen MR) is 97.2 cm³/mol. The van der Waals surface area contributed by atoms with Crippen LogP contribution in [0.3, 0.4) is 0 Å². The first-order valence-corrected chi connectivity index (χ1v) is 7.47. The minimum absolute atomic E-state index is 0. The third kappa shape index (κ3) is 13.4. The van der Waals surface area contributed by atoms with Crippen LogP contribution in [-0.4, -0.2) is 56.2 Å². The largest absolute Gasteiger partial charge is 0.406 e. The lowest BCUT2D eigenvalue weighted by molar-refractivity contribution is -0.157. The Balaban J connectivity index is 0. The molecular weight excluding hydrogens is 424 g/mol. The van der Waals surface area contributed by atoms with E-state index in [9.17, 15) is 18.0 Å². The van der Waals surface area contributed by atoms with Gasteiger partial charge in [0.05, 0.1) is 6.54 Å². The van der Waals surface area contributed by atoms with E-state index in [0.717, 1.165) is 32.7 Å². The van der Waals surface area contributed by atoms with Crippen LogP contribution in [0.25, 0.3) is 0 Å². The van der Waals surface area contributed by atoms with Crippen molar-refractivity contribution in [3.05, 3.63) is 0 Å². The molecule has 5 nitrogen and oxygen atoms in total.